The van der Waals surface area contributed by atoms with Gasteiger partial charge >= 0.3 is 0 Å². The van der Waals surface area contributed by atoms with E-state index in [1.807, 2.05) is 13.0 Å². The lowest BCUT2D eigenvalue weighted by Gasteiger charge is -2.24. The summed E-state index contributed by atoms with van der Waals surface area (Å²) >= 11 is 0. The standard InChI is InChI=1S/C19H29N3O/c1-4-13-22(19-9-7-16(2)8-10-19)14-12-20-11-5-6-18-15-17(3)23-21-18/h7-10,15,20H,4-6,11-14H2,1-3H3. The van der Waals surface area contributed by atoms with Crippen molar-refractivity contribution in [2.24, 2.45) is 0 Å². The van der Waals surface area contributed by atoms with Crippen LogP contribution in [0, 0.1) is 13.8 Å². The number of aromatic nitrogens is 1. The quantitative estimate of drug-likeness (QED) is 0.678. The summed E-state index contributed by atoms with van der Waals surface area (Å²) in [7, 11) is 0. The SMILES string of the molecule is CCCN(CCNCCCc1cc(C)on1)c1ccc(C)cc1. The highest BCUT2D eigenvalue weighted by Gasteiger charge is 2.05. The summed E-state index contributed by atoms with van der Waals surface area (Å²) in [5.41, 5.74) is 3.68. The number of rotatable bonds is 10. The van der Waals surface area contributed by atoms with Gasteiger partial charge in [-0.15, -0.1) is 0 Å². The number of nitrogens with zero attached hydrogens (tertiary/aromatic N) is 2. The van der Waals surface area contributed by atoms with E-state index in [4.69, 9.17) is 4.52 Å². The van der Waals surface area contributed by atoms with Crippen molar-refractivity contribution in [1.29, 1.82) is 0 Å². The third kappa shape index (κ3) is 6.06. The number of hydrogen-bond acceptors (Lipinski definition) is 4. The molecule has 0 radical (unpaired) electrons. The molecule has 0 aliphatic rings. The average Bonchev–Trinajstić information content (AvgIpc) is 2.96. The van der Waals surface area contributed by atoms with Crippen molar-refractivity contribution >= 4 is 5.69 Å². The monoisotopic (exact) mass is 315 g/mol. The first-order chi connectivity index (χ1) is 11.2. The highest BCUT2D eigenvalue weighted by atomic mass is 16.5. The van der Waals surface area contributed by atoms with Crippen molar-refractivity contribution < 1.29 is 4.52 Å². The van der Waals surface area contributed by atoms with E-state index in [1.54, 1.807) is 0 Å². The van der Waals surface area contributed by atoms with Crippen molar-refractivity contribution in [1.82, 2.24) is 10.5 Å². The van der Waals surface area contributed by atoms with E-state index < -0.39 is 0 Å². The maximum absolute atomic E-state index is 5.08. The average molecular weight is 315 g/mol. The van der Waals surface area contributed by atoms with E-state index in [9.17, 15) is 0 Å². The zero-order valence-corrected chi connectivity index (χ0v) is 14.6. The van der Waals surface area contributed by atoms with Gasteiger partial charge in [-0.1, -0.05) is 29.8 Å². The molecule has 2 rings (SSSR count). The van der Waals surface area contributed by atoms with Crippen LogP contribution in [0.2, 0.25) is 0 Å². The first kappa shape index (κ1) is 17.5. The van der Waals surface area contributed by atoms with Crippen LogP contribution in [0.5, 0.6) is 0 Å². The first-order valence-corrected chi connectivity index (χ1v) is 8.63. The molecular weight excluding hydrogens is 286 g/mol. The maximum atomic E-state index is 5.08. The Bertz CT molecular complexity index is 562. The summed E-state index contributed by atoms with van der Waals surface area (Å²) in [6, 6.07) is 10.8. The Hall–Kier alpha value is -1.81. The maximum Gasteiger partial charge on any atom is 0.133 e. The van der Waals surface area contributed by atoms with Gasteiger partial charge in [0.15, 0.2) is 0 Å². The smallest absolute Gasteiger partial charge is 0.133 e. The van der Waals surface area contributed by atoms with Gasteiger partial charge in [-0.3, -0.25) is 0 Å². The minimum atomic E-state index is 0.890. The van der Waals surface area contributed by atoms with E-state index in [1.165, 1.54) is 17.7 Å². The van der Waals surface area contributed by atoms with Gasteiger partial charge in [-0.05, 0) is 51.8 Å². The van der Waals surface area contributed by atoms with Crippen molar-refractivity contribution in [2.45, 2.75) is 40.0 Å². The van der Waals surface area contributed by atoms with E-state index >= 15 is 0 Å². The molecule has 0 fully saturated rings. The third-order valence-electron chi connectivity index (χ3n) is 3.91. The zero-order chi connectivity index (χ0) is 16.5. The molecule has 2 aromatic rings. The predicted molar refractivity (Wildman–Crippen MR) is 96.1 cm³/mol. The van der Waals surface area contributed by atoms with Crippen molar-refractivity contribution in [3.8, 4) is 0 Å². The Kier molecular flexibility index (Phi) is 7.14. The van der Waals surface area contributed by atoms with Gasteiger partial charge in [0.2, 0.25) is 0 Å². The van der Waals surface area contributed by atoms with Crippen LogP contribution in [0.15, 0.2) is 34.9 Å². The minimum absolute atomic E-state index is 0.890. The fourth-order valence-electron chi connectivity index (χ4n) is 2.66. The van der Waals surface area contributed by atoms with Gasteiger partial charge in [0.05, 0.1) is 5.69 Å². The Labute approximate surface area is 139 Å². The summed E-state index contributed by atoms with van der Waals surface area (Å²) in [5.74, 6) is 0.890. The molecule has 1 aromatic heterocycles. The summed E-state index contributed by atoms with van der Waals surface area (Å²) in [5, 5.41) is 7.55. The fraction of sp³-hybridized carbons (Fsp3) is 0.526. The van der Waals surface area contributed by atoms with Crippen LogP contribution in [0.25, 0.3) is 0 Å². The molecule has 4 heteroatoms. The largest absolute Gasteiger partial charge is 0.370 e. The third-order valence-corrected chi connectivity index (χ3v) is 3.91. The molecule has 4 nitrogen and oxygen atoms in total. The molecule has 126 valence electrons. The molecule has 0 amide bonds. The highest BCUT2D eigenvalue weighted by Crippen LogP contribution is 2.15. The molecule has 0 saturated carbocycles. The molecule has 0 atom stereocenters. The van der Waals surface area contributed by atoms with Crippen molar-refractivity contribution in [2.75, 3.05) is 31.1 Å². The van der Waals surface area contributed by atoms with Crippen LogP contribution in [0.3, 0.4) is 0 Å². The van der Waals surface area contributed by atoms with Gasteiger partial charge in [-0.2, -0.15) is 0 Å². The molecule has 23 heavy (non-hydrogen) atoms. The van der Waals surface area contributed by atoms with Crippen LogP contribution in [-0.4, -0.2) is 31.3 Å². The minimum Gasteiger partial charge on any atom is -0.370 e. The molecule has 0 unspecified atom stereocenters. The Morgan fingerprint density at radius 2 is 1.87 bits per heavy atom. The van der Waals surface area contributed by atoms with E-state index in [-0.39, 0.29) is 0 Å². The lowest BCUT2D eigenvalue weighted by atomic mass is 10.2. The van der Waals surface area contributed by atoms with Crippen LogP contribution >= 0.6 is 0 Å². The molecular formula is C19H29N3O. The summed E-state index contributed by atoms with van der Waals surface area (Å²) in [6.07, 6.45) is 3.23. The van der Waals surface area contributed by atoms with E-state index in [0.29, 0.717) is 0 Å². The topological polar surface area (TPSA) is 41.3 Å². The van der Waals surface area contributed by atoms with E-state index in [2.05, 4.69) is 53.5 Å². The predicted octanol–water partition coefficient (Wildman–Crippen LogP) is 3.73. The second-order valence-corrected chi connectivity index (χ2v) is 6.11. The molecule has 0 saturated heterocycles. The molecule has 1 aromatic carbocycles. The number of benzene rings is 1. The summed E-state index contributed by atoms with van der Waals surface area (Å²) in [6.45, 7) is 10.5. The normalized spacial score (nSPS) is 10.9. The van der Waals surface area contributed by atoms with Crippen molar-refractivity contribution in [3.05, 3.63) is 47.3 Å². The van der Waals surface area contributed by atoms with Gasteiger partial charge < -0.3 is 14.7 Å². The Balaban J connectivity index is 1.67. The van der Waals surface area contributed by atoms with Crippen molar-refractivity contribution in [3.63, 3.8) is 0 Å². The van der Waals surface area contributed by atoms with Gasteiger partial charge in [-0.25, -0.2) is 0 Å². The Morgan fingerprint density at radius 3 is 2.52 bits per heavy atom. The van der Waals surface area contributed by atoms with Gasteiger partial charge in [0.1, 0.15) is 5.76 Å². The molecule has 0 aliphatic heterocycles. The lowest BCUT2D eigenvalue weighted by Crippen LogP contribution is -2.33. The highest BCUT2D eigenvalue weighted by molar-refractivity contribution is 5.47. The van der Waals surface area contributed by atoms with Crippen LogP contribution in [-0.2, 0) is 6.42 Å². The second kappa shape index (κ2) is 9.36. The number of aryl methyl sites for hydroxylation is 3. The second-order valence-electron chi connectivity index (χ2n) is 6.11. The first-order valence-electron chi connectivity index (χ1n) is 8.63. The van der Waals surface area contributed by atoms with Gasteiger partial charge in [0.25, 0.3) is 0 Å². The zero-order valence-electron chi connectivity index (χ0n) is 14.6. The molecule has 1 N–H and O–H groups in total. The van der Waals surface area contributed by atoms with Gasteiger partial charge in [0, 0.05) is 31.4 Å². The van der Waals surface area contributed by atoms with Crippen LogP contribution < -0.4 is 10.2 Å². The number of anilines is 1. The number of hydrogen-bond donors (Lipinski definition) is 1. The lowest BCUT2D eigenvalue weighted by molar-refractivity contribution is 0.389. The van der Waals surface area contributed by atoms with Crippen LogP contribution in [0.4, 0.5) is 5.69 Å². The summed E-state index contributed by atoms with van der Waals surface area (Å²) < 4.78 is 5.08. The summed E-state index contributed by atoms with van der Waals surface area (Å²) in [4.78, 5) is 2.45. The van der Waals surface area contributed by atoms with Crippen LogP contribution in [0.1, 0.15) is 36.8 Å². The molecule has 0 aliphatic carbocycles. The molecule has 0 bridgehead atoms. The molecule has 1 heterocycles. The Morgan fingerprint density at radius 1 is 1.09 bits per heavy atom. The molecule has 0 spiro atoms. The number of nitrogens with one attached hydrogen (secondary N) is 1. The fourth-order valence-corrected chi connectivity index (χ4v) is 2.66. The van der Waals surface area contributed by atoms with E-state index in [0.717, 1.165) is 50.5 Å².